The van der Waals surface area contributed by atoms with Crippen LogP contribution in [0.1, 0.15) is 44.6 Å². The highest BCUT2D eigenvalue weighted by Gasteiger charge is 2.23. The van der Waals surface area contributed by atoms with E-state index >= 15 is 0 Å². The maximum absolute atomic E-state index is 11.4. The minimum Gasteiger partial charge on any atom is -0.369 e. The molecule has 0 saturated carbocycles. The van der Waals surface area contributed by atoms with E-state index in [9.17, 15) is 4.79 Å². The summed E-state index contributed by atoms with van der Waals surface area (Å²) in [7, 11) is 0. The molecule has 0 aliphatic carbocycles. The molecule has 1 saturated heterocycles. The molecule has 0 bridgehead atoms. The second-order valence-corrected chi connectivity index (χ2v) is 7.78. The Morgan fingerprint density at radius 2 is 2.35 bits per heavy atom. The van der Waals surface area contributed by atoms with Crippen molar-refractivity contribution in [3.05, 3.63) is 22.4 Å². The van der Waals surface area contributed by atoms with Gasteiger partial charge in [-0.15, -0.1) is 0 Å². The maximum Gasteiger partial charge on any atom is 0.221 e. The molecule has 1 aromatic heterocycles. The second kappa shape index (κ2) is 11.2. The van der Waals surface area contributed by atoms with Gasteiger partial charge in [-0.1, -0.05) is 6.92 Å². The van der Waals surface area contributed by atoms with Crippen LogP contribution >= 0.6 is 11.3 Å². The summed E-state index contributed by atoms with van der Waals surface area (Å²) in [6, 6.07) is 2.17. The number of likely N-dealkylation sites (tertiary alicyclic amines) is 1. The first kappa shape index (κ1) is 20.7. The third kappa shape index (κ3) is 6.96. The lowest BCUT2D eigenvalue weighted by Crippen LogP contribution is -2.43. The van der Waals surface area contributed by atoms with Gasteiger partial charge < -0.3 is 21.3 Å². The number of piperidine rings is 1. The van der Waals surface area contributed by atoms with Crippen LogP contribution < -0.4 is 16.4 Å². The highest BCUT2D eigenvalue weighted by atomic mass is 32.1. The van der Waals surface area contributed by atoms with Crippen LogP contribution in [0.3, 0.4) is 0 Å². The van der Waals surface area contributed by atoms with Crippen LogP contribution in [-0.4, -0.2) is 56.0 Å². The number of hydrogen-bond acceptors (Lipinski definition) is 4. The molecule has 4 N–H and O–H groups in total. The van der Waals surface area contributed by atoms with Gasteiger partial charge >= 0.3 is 0 Å². The number of amides is 1. The summed E-state index contributed by atoms with van der Waals surface area (Å²) in [6.45, 7) is 9.65. The summed E-state index contributed by atoms with van der Waals surface area (Å²) >= 11 is 1.73. The average molecular weight is 380 g/mol. The van der Waals surface area contributed by atoms with Crippen molar-refractivity contribution in [3.63, 3.8) is 0 Å². The van der Waals surface area contributed by atoms with Crippen molar-refractivity contribution in [1.82, 2.24) is 15.5 Å². The van der Waals surface area contributed by atoms with Crippen LogP contribution in [0.4, 0.5) is 0 Å². The zero-order chi connectivity index (χ0) is 18.8. The molecule has 2 rings (SSSR count). The fourth-order valence-corrected chi connectivity index (χ4v) is 4.01. The van der Waals surface area contributed by atoms with E-state index in [-0.39, 0.29) is 11.8 Å². The molecule has 1 aliphatic heterocycles. The van der Waals surface area contributed by atoms with Crippen molar-refractivity contribution in [3.8, 4) is 0 Å². The number of thiophene rings is 1. The Morgan fingerprint density at radius 3 is 3.04 bits per heavy atom. The monoisotopic (exact) mass is 379 g/mol. The molecule has 1 aliphatic rings. The second-order valence-electron chi connectivity index (χ2n) is 7.00. The summed E-state index contributed by atoms with van der Waals surface area (Å²) in [5, 5.41) is 11.0. The van der Waals surface area contributed by atoms with Gasteiger partial charge in [-0.3, -0.25) is 9.79 Å². The Bertz CT molecular complexity index is 560. The minimum atomic E-state index is -0.158. The van der Waals surface area contributed by atoms with Crippen molar-refractivity contribution in [2.75, 3.05) is 39.3 Å². The van der Waals surface area contributed by atoms with Gasteiger partial charge in [0.25, 0.3) is 0 Å². The number of carbonyl (C=O) groups excluding carboxylic acids is 1. The zero-order valence-corrected chi connectivity index (χ0v) is 16.9. The molecule has 1 fully saturated rings. The van der Waals surface area contributed by atoms with E-state index in [1.54, 1.807) is 11.3 Å². The highest BCUT2D eigenvalue weighted by molar-refractivity contribution is 7.07. The Hall–Kier alpha value is -1.60. The van der Waals surface area contributed by atoms with Gasteiger partial charge in [0.1, 0.15) is 0 Å². The maximum atomic E-state index is 11.4. The molecular weight excluding hydrogens is 346 g/mol. The molecule has 2 heterocycles. The number of aliphatic imine (C=N–C) groups is 1. The van der Waals surface area contributed by atoms with Crippen LogP contribution in [0.25, 0.3) is 0 Å². The number of nitrogens with zero attached hydrogens (tertiary/aromatic N) is 2. The van der Waals surface area contributed by atoms with E-state index in [0.717, 1.165) is 64.5 Å². The van der Waals surface area contributed by atoms with Crippen LogP contribution in [-0.2, 0) is 4.79 Å². The normalized spacial score (nSPS) is 19.9. The minimum absolute atomic E-state index is 0.0224. The summed E-state index contributed by atoms with van der Waals surface area (Å²) < 4.78 is 0. The lowest BCUT2D eigenvalue weighted by Gasteiger charge is -2.31. The summed E-state index contributed by atoms with van der Waals surface area (Å²) in [5.74, 6) is 1.17. The number of rotatable bonds is 9. The van der Waals surface area contributed by atoms with Gasteiger partial charge in [-0.2, -0.15) is 11.3 Å². The Kier molecular flexibility index (Phi) is 8.91. The number of carbonyl (C=O) groups is 1. The van der Waals surface area contributed by atoms with Gasteiger partial charge in [0.15, 0.2) is 5.96 Å². The zero-order valence-electron chi connectivity index (χ0n) is 16.0. The number of hydrogen-bond donors (Lipinski definition) is 3. The first-order valence-corrected chi connectivity index (χ1v) is 10.6. The van der Waals surface area contributed by atoms with E-state index in [1.807, 2.05) is 0 Å². The SMILES string of the molecule is CCNC(=NCC(C)c1ccsc1)NCCCN1CCCC(C(N)=O)C1. The van der Waals surface area contributed by atoms with Crippen molar-refractivity contribution in [2.24, 2.45) is 16.6 Å². The van der Waals surface area contributed by atoms with Gasteiger partial charge in [0, 0.05) is 32.1 Å². The molecular formula is C19H33N5OS. The molecule has 0 radical (unpaired) electrons. The van der Waals surface area contributed by atoms with Gasteiger partial charge in [0.05, 0.1) is 5.92 Å². The quantitative estimate of drug-likeness (QED) is 0.348. The van der Waals surface area contributed by atoms with Crippen molar-refractivity contribution >= 4 is 23.2 Å². The lowest BCUT2D eigenvalue weighted by molar-refractivity contribution is -0.123. The molecule has 1 aromatic rings. The van der Waals surface area contributed by atoms with E-state index in [4.69, 9.17) is 10.7 Å². The van der Waals surface area contributed by atoms with Gasteiger partial charge in [0.2, 0.25) is 5.91 Å². The van der Waals surface area contributed by atoms with E-state index in [1.165, 1.54) is 5.56 Å². The van der Waals surface area contributed by atoms with Gasteiger partial charge in [-0.05, 0) is 61.7 Å². The third-order valence-electron chi connectivity index (χ3n) is 4.83. The van der Waals surface area contributed by atoms with E-state index in [2.05, 4.69) is 46.2 Å². The molecule has 7 heteroatoms. The number of nitrogens with one attached hydrogen (secondary N) is 2. The standard InChI is InChI=1S/C19H33N5OS/c1-3-21-19(23-12-15(2)17-7-11-26-14-17)22-8-5-10-24-9-4-6-16(13-24)18(20)25/h7,11,14-16H,3-6,8-10,12-13H2,1-2H3,(H2,20,25)(H2,21,22,23). The molecule has 6 nitrogen and oxygen atoms in total. The first-order valence-electron chi connectivity index (χ1n) is 9.66. The van der Waals surface area contributed by atoms with Crippen molar-refractivity contribution in [1.29, 1.82) is 0 Å². The van der Waals surface area contributed by atoms with E-state index < -0.39 is 0 Å². The lowest BCUT2D eigenvalue weighted by atomic mass is 9.97. The van der Waals surface area contributed by atoms with E-state index in [0.29, 0.717) is 5.92 Å². The van der Waals surface area contributed by atoms with Crippen LogP contribution in [0.2, 0.25) is 0 Å². The number of nitrogens with two attached hydrogens (primary N) is 1. The average Bonchev–Trinajstić information content (AvgIpc) is 3.18. The predicted molar refractivity (Wildman–Crippen MR) is 110 cm³/mol. The fraction of sp³-hybridized carbons (Fsp3) is 0.684. The summed E-state index contributed by atoms with van der Waals surface area (Å²) in [6.07, 6.45) is 3.02. The Balaban J connectivity index is 1.70. The molecule has 2 unspecified atom stereocenters. The predicted octanol–water partition coefficient (Wildman–Crippen LogP) is 1.99. The topological polar surface area (TPSA) is 82.8 Å². The van der Waals surface area contributed by atoms with Crippen molar-refractivity contribution < 1.29 is 4.79 Å². The van der Waals surface area contributed by atoms with Crippen molar-refractivity contribution in [2.45, 2.75) is 39.0 Å². The number of primary amides is 1. The van der Waals surface area contributed by atoms with Crippen LogP contribution in [0.15, 0.2) is 21.8 Å². The fourth-order valence-electron chi connectivity index (χ4n) is 3.23. The molecule has 146 valence electrons. The van der Waals surface area contributed by atoms with Gasteiger partial charge in [-0.25, -0.2) is 0 Å². The molecule has 26 heavy (non-hydrogen) atoms. The third-order valence-corrected chi connectivity index (χ3v) is 5.53. The summed E-state index contributed by atoms with van der Waals surface area (Å²) in [4.78, 5) is 18.4. The summed E-state index contributed by atoms with van der Waals surface area (Å²) in [5.41, 5.74) is 6.80. The molecule has 0 aromatic carbocycles. The molecule has 2 atom stereocenters. The van der Waals surface area contributed by atoms with Crippen LogP contribution in [0, 0.1) is 5.92 Å². The number of guanidine groups is 1. The first-order chi connectivity index (χ1) is 12.6. The Morgan fingerprint density at radius 1 is 1.50 bits per heavy atom. The Labute approximate surface area is 161 Å². The smallest absolute Gasteiger partial charge is 0.221 e. The van der Waals surface area contributed by atoms with Crippen LogP contribution in [0.5, 0.6) is 0 Å². The highest BCUT2D eigenvalue weighted by Crippen LogP contribution is 2.18. The largest absolute Gasteiger partial charge is 0.369 e. The molecule has 0 spiro atoms. The molecule has 1 amide bonds.